The smallest absolute Gasteiger partial charge is 0.414 e. The molecule has 0 aliphatic carbocycles. The van der Waals surface area contributed by atoms with E-state index in [2.05, 4.69) is 56.2 Å². The molecule has 3 N–H and O–H groups in total. The second-order valence-corrected chi connectivity index (χ2v) is 18.5. The third-order valence-electron chi connectivity index (χ3n) is 9.01. The third-order valence-corrected chi connectivity index (χ3v) is 9.60. The highest BCUT2D eigenvalue weighted by atomic mass is 35.5. The van der Waals surface area contributed by atoms with Gasteiger partial charge in [-0.25, -0.2) is 14.4 Å². The fourth-order valence-electron chi connectivity index (χ4n) is 6.53. The van der Waals surface area contributed by atoms with Crippen LogP contribution in [0, 0.1) is 0 Å². The Morgan fingerprint density at radius 1 is 0.780 bits per heavy atom. The minimum absolute atomic E-state index is 0.114. The van der Waals surface area contributed by atoms with Crippen molar-refractivity contribution in [3.63, 3.8) is 0 Å². The van der Waals surface area contributed by atoms with Crippen molar-refractivity contribution in [2.24, 2.45) is 4.99 Å². The van der Waals surface area contributed by atoms with Crippen LogP contribution in [0.4, 0.5) is 14.4 Å². The molecule has 1 heterocycles. The molecular formula is C44H60Cl2N6O7. The Balaban J connectivity index is 1.57. The van der Waals surface area contributed by atoms with Gasteiger partial charge in [0.05, 0.1) is 0 Å². The normalized spacial score (nSPS) is 15.5. The summed E-state index contributed by atoms with van der Waals surface area (Å²) < 4.78 is 16.3. The Morgan fingerprint density at radius 3 is 2.00 bits per heavy atom. The van der Waals surface area contributed by atoms with E-state index in [1.807, 2.05) is 17.0 Å². The summed E-state index contributed by atoms with van der Waals surface area (Å²) >= 11 is 12.7. The standard InChI is InChI=1S/C44H60Cl2N6O7/c1-42(2,3)57-39(54)48-36(26-32-18-19-33(45)27-35(32)46)37(53)52-24-23-51(22-20-29-16-17-30-13-10-11-14-31(30)25-29)28-34(52)15-12-21-47-38(49-40(55)58-43(4,5)6)50-41(56)59-44(7,8)9/h10-11,13-14,16-19,25,27,34,36H,12,15,20-24,26,28H2,1-9H3,(H,48,54)(H2,47,49,50,55,56). The van der Waals surface area contributed by atoms with E-state index in [4.69, 9.17) is 37.4 Å². The number of halogens is 2. The van der Waals surface area contributed by atoms with Crippen molar-refractivity contribution < 1.29 is 33.4 Å². The molecule has 15 heteroatoms. The van der Waals surface area contributed by atoms with E-state index in [-0.39, 0.29) is 30.9 Å². The number of nitrogens with zero attached hydrogens (tertiary/aromatic N) is 3. The van der Waals surface area contributed by atoms with E-state index >= 15 is 0 Å². The van der Waals surface area contributed by atoms with E-state index < -0.39 is 41.1 Å². The first-order chi connectivity index (χ1) is 27.5. The monoisotopic (exact) mass is 854 g/mol. The topological polar surface area (TPSA) is 151 Å². The average molecular weight is 856 g/mol. The molecule has 1 fully saturated rings. The zero-order valence-corrected chi connectivity index (χ0v) is 37.3. The van der Waals surface area contributed by atoms with Crippen LogP contribution in [0.2, 0.25) is 10.0 Å². The van der Waals surface area contributed by atoms with E-state index in [1.165, 1.54) is 16.3 Å². The lowest BCUT2D eigenvalue weighted by Crippen LogP contribution is -2.60. The van der Waals surface area contributed by atoms with Gasteiger partial charge >= 0.3 is 18.3 Å². The van der Waals surface area contributed by atoms with Gasteiger partial charge in [-0.05, 0) is 116 Å². The number of carbonyl (C=O) groups excluding carboxylic acids is 4. The fraction of sp³-hybridized carbons (Fsp3) is 0.523. The van der Waals surface area contributed by atoms with Gasteiger partial charge in [-0.3, -0.25) is 25.3 Å². The minimum Gasteiger partial charge on any atom is -0.444 e. The van der Waals surface area contributed by atoms with Crippen LogP contribution in [0.3, 0.4) is 0 Å². The number of alkyl carbamates (subject to hydrolysis) is 3. The van der Waals surface area contributed by atoms with E-state index in [9.17, 15) is 19.2 Å². The molecule has 13 nitrogen and oxygen atoms in total. The second-order valence-electron chi connectivity index (χ2n) is 17.7. The van der Waals surface area contributed by atoms with E-state index in [1.54, 1.807) is 80.5 Å². The van der Waals surface area contributed by atoms with Crippen LogP contribution in [0.5, 0.6) is 0 Å². The number of piperazine rings is 1. The first kappa shape index (κ1) is 47.1. The van der Waals surface area contributed by atoms with Crippen molar-refractivity contribution >= 4 is 64.1 Å². The van der Waals surface area contributed by atoms with Gasteiger partial charge in [0.15, 0.2) is 0 Å². The quantitative estimate of drug-likeness (QED) is 0.0752. The van der Waals surface area contributed by atoms with E-state index in [0.29, 0.717) is 48.1 Å². The van der Waals surface area contributed by atoms with Crippen LogP contribution < -0.4 is 16.0 Å². The Morgan fingerprint density at radius 2 is 1.39 bits per heavy atom. The summed E-state index contributed by atoms with van der Waals surface area (Å²) in [6, 6.07) is 18.6. The van der Waals surface area contributed by atoms with Crippen LogP contribution in [0.1, 0.15) is 86.3 Å². The first-order valence-electron chi connectivity index (χ1n) is 20.0. The summed E-state index contributed by atoms with van der Waals surface area (Å²) in [4.78, 5) is 61.8. The van der Waals surface area contributed by atoms with Crippen molar-refractivity contribution in [1.82, 2.24) is 25.8 Å². The van der Waals surface area contributed by atoms with Gasteiger partial charge in [0.25, 0.3) is 0 Å². The number of fused-ring (bicyclic) bond motifs is 1. The molecule has 59 heavy (non-hydrogen) atoms. The number of ether oxygens (including phenoxy) is 3. The maximum atomic E-state index is 14.6. The molecule has 1 aliphatic rings. The SMILES string of the molecule is CC(C)(C)OC(=O)NC(=NCCCC1CN(CCc2ccc3ccccc3c2)CCN1C(=O)C(Cc1ccc(Cl)cc1Cl)NC(=O)OC(C)(C)C)NC(=O)OC(C)(C)C. The van der Waals surface area contributed by atoms with Crippen molar-refractivity contribution in [2.45, 2.75) is 117 Å². The second kappa shape index (κ2) is 20.6. The molecule has 0 radical (unpaired) electrons. The zero-order chi connectivity index (χ0) is 43.5. The lowest BCUT2D eigenvalue weighted by atomic mass is 10.00. The van der Waals surface area contributed by atoms with Gasteiger partial charge in [-0.15, -0.1) is 0 Å². The molecular weight excluding hydrogens is 795 g/mol. The number of hydrogen-bond donors (Lipinski definition) is 3. The Bertz CT molecular complexity index is 1940. The van der Waals surface area contributed by atoms with Crippen molar-refractivity contribution in [3.8, 4) is 0 Å². The molecule has 0 bridgehead atoms. The number of hydrogen-bond acceptors (Lipinski definition) is 9. The molecule has 1 saturated heterocycles. The predicted octanol–water partition coefficient (Wildman–Crippen LogP) is 8.52. The minimum atomic E-state index is -0.990. The van der Waals surface area contributed by atoms with Crippen LogP contribution in [-0.4, -0.2) is 102 Å². The number of carbonyl (C=O) groups is 4. The van der Waals surface area contributed by atoms with Crippen LogP contribution in [-0.2, 0) is 31.8 Å². The van der Waals surface area contributed by atoms with Crippen LogP contribution >= 0.6 is 23.2 Å². The summed E-state index contributed by atoms with van der Waals surface area (Å²) in [6.07, 6.45) is -0.356. The number of nitrogens with one attached hydrogen (secondary N) is 3. The fourth-order valence-corrected chi connectivity index (χ4v) is 7.01. The van der Waals surface area contributed by atoms with Crippen LogP contribution in [0.25, 0.3) is 10.8 Å². The van der Waals surface area contributed by atoms with Gasteiger partial charge in [0, 0.05) is 55.2 Å². The largest absolute Gasteiger partial charge is 0.444 e. The zero-order valence-electron chi connectivity index (χ0n) is 35.7. The van der Waals surface area contributed by atoms with Crippen molar-refractivity contribution in [3.05, 3.63) is 81.8 Å². The molecule has 0 saturated carbocycles. The predicted molar refractivity (Wildman–Crippen MR) is 233 cm³/mol. The highest BCUT2D eigenvalue weighted by molar-refractivity contribution is 6.35. The summed E-state index contributed by atoms with van der Waals surface area (Å²) in [5, 5.41) is 11.1. The van der Waals surface area contributed by atoms with Gasteiger partial charge in [0.2, 0.25) is 11.9 Å². The summed E-state index contributed by atoms with van der Waals surface area (Å²) in [6.45, 7) is 18.2. The molecule has 3 aromatic carbocycles. The van der Waals surface area contributed by atoms with E-state index in [0.717, 1.165) is 13.0 Å². The highest BCUT2D eigenvalue weighted by Crippen LogP contribution is 2.25. The molecule has 1 aliphatic heterocycles. The third kappa shape index (κ3) is 16.5. The van der Waals surface area contributed by atoms with Gasteiger partial charge in [-0.1, -0.05) is 71.7 Å². The lowest BCUT2D eigenvalue weighted by Gasteiger charge is -2.43. The highest BCUT2D eigenvalue weighted by Gasteiger charge is 2.36. The molecule has 4 rings (SSSR count). The van der Waals surface area contributed by atoms with Crippen molar-refractivity contribution in [2.75, 3.05) is 32.7 Å². The average Bonchev–Trinajstić information content (AvgIpc) is 3.10. The summed E-state index contributed by atoms with van der Waals surface area (Å²) in [5.41, 5.74) is -0.490. The molecule has 0 spiro atoms. The van der Waals surface area contributed by atoms with Gasteiger partial charge in [0.1, 0.15) is 22.8 Å². The van der Waals surface area contributed by atoms with Crippen molar-refractivity contribution in [1.29, 1.82) is 0 Å². The molecule has 322 valence electrons. The van der Waals surface area contributed by atoms with Gasteiger partial charge in [-0.2, -0.15) is 0 Å². The Kier molecular flexibility index (Phi) is 16.4. The van der Waals surface area contributed by atoms with Gasteiger partial charge < -0.3 is 24.4 Å². The number of benzene rings is 3. The van der Waals surface area contributed by atoms with Crippen LogP contribution in [0.15, 0.2) is 65.7 Å². The summed E-state index contributed by atoms with van der Waals surface area (Å²) in [5.74, 6) is -0.396. The molecule has 0 aromatic heterocycles. The Labute approximate surface area is 358 Å². The maximum absolute atomic E-state index is 14.6. The molecule has 2 unspecified atom stereocenters. The Hall–Kier alpha value is -4.59. The molecule has 4 amide bonds. The molecule has 2 atom stereocenters. The number of amides is 4. The number of guanidine groups is 1. The maximum Gasteiger partial charge on any atom is 0.414 e. The molecule has 3 aromatic rings. The lowest BCUT2D eigenvalue weighted by molar-refractivity contribution is -0.138. The number of aliphatic imine (C=N–C) groups is 1. The summed E-state index contributed by atoms with van der Waals surface area (Å²) in [7, 11) is 0. The first-order valence-corrected chi connectivity index (χ1v) is 20.8. The number of rotatable bonds is 11.